The van der Waals surface area contributed by atoms with E-state index in [1.807, 2.05) is 0 Å². The topological polar surface area (TPSA) is 90.8 Å². The number of aliphatic hydroxyl groups excluding tert-OH is 2. The normalized spacial score (nSPS) is 19.1. The van der Waals surface area contributed by atoms with Crippen molar-refractivity contribution in [1.82, 2.24) is 5.32 Å². The highest BCUT2D eigenvalue weighted by Crippen LogP contribution is 2.43. The third-order valence-corrected chi connectivity index (χ3v) is 5.99. The average Bonchev–Trinajstić information content (AvgIpc) is 3.02. The molecule has 4 N–H and O–H groups in total. The maximum atomic E-state index is 13.3. The van der Waals surface area contributed by atoms with Crippen molar-refractivity contribution < 1.29 is 32.9 Å². The Morgan fingerprint density at radius 3 is 2.45 bits per heavy atom. The molecule has 3 rings (SSSR count). The molecule has 33 heavy (non-hydrogen) atoms. The van der Waals surface area contributed by atoms with E-state index in [0.29, 0.717) is 22.6 Å². The number of hydrogen-bond acceptors (Lipinski definition) is 4. The number of anilines is 1. The van der Waals surface area contributed by atoms with Crippen LogP contribution in [0.2, 0.25) is 5.02 Å². The van der Waals surface area contributed by atoms with Gasteiger partial charge in [0.15, 0.2) is 6.10 Å². The summed E-state index contributed by atoms with van der Waals surface area (Å²) in [4.78, 5) is 12.8. The van der Waals surface area contributed by atoms with Gasteiger partial charge in [-0.25, -0.2) is 4.79 Å². The summed E-state index contributed by atoms with van der Waals surface area (Å²) >= 11 is 6.18. The van der Waals surface area contributed by atoms with Crippen molar-refractivity contribution in [3.8, 4) is 5.75 Å². The molecule has 0 fully saturated rings. The molecule has 1 aliphatic rings. The third kappa shape index (κ3) is 5.20. The lowest BCUT2D eigenvalue weighted by molar-refractivity contribution is -0.207. The minimum Gasteiger partial charge on any atom is -0.494 e. The lowest BCUT2D eigenvalue weighted by Gasteiger charge is -2.26. The second-order valence-corrected chi connectivity index (χ2v) is 9.41. The number of alkyl halides is 3. The Hall–Kier alpha value is -2.49. The van der Waals surface area contributed by atoms with Crippen molar-refractivity contribution in [1.29, 1.82) is 0 Å². The fourth-order valence-electron chi connectivity index (χ4n) is 3.86. The zero-order chi connectivity index (χ0) is 24.7. The molecule has 1 unspecified atom stereocenters. The monoisotopic (exact) mass is 486 g/mol. The Morgan fingerprint density at radius 1 is 1.24 bits per heavy atom. The largest absolute Gasteiger partial charge is 0.494 e. The van der Waals surface area contributed by atoms with Crippen LogP contribution in [-0.4, -0.2) is 35.6 Å². The van der Waals surface area contributed by atoms with E-state index in [2.05, 4.69) is 10.6 Å². The number of carbonyl (C=O) groups excluding carboxylic acids is 1. The van der Waals surface area contributed by atoms with Crippen LogP contribution in [-0.2, 0) is 11.8 Å². The first-order valence-corrected chi connectivity index (χ1v) is 10.6. The van der Waals surface area contributed by atoms with Crippen molar-refractivity contribution in [2.45, 2.75) is 57.0 Å². The van der Waals surface area contributed by atoms with Crippen LogP contribution >= 0.6 is 11.6 Å². The summed E-state index contributed by atoms with van der Waals surface area (Å²) in [6.45, 7) is 5.37. The van der Waals surface area contributed by atoms with Gasteiger partial charge in [-0.1, -0.05) is 44.5 Å². The van der Waals surface area contributed by atoms with Crippen LogP contribution in [0.5, 0.6) is 5.75 Å². The number of nitrogens with one attached hydrogen (secondary N) is 2. The molecule has 3 atom stereocenters. The molecular formula is C23H26ClF3N2O4. The molecule has 0 heterocycles. The summed E-state index contributed by atoms with van der Waals surface area (Å²) in [6, 6.07) is 6.39. The molecule has 0 saturated carbocycles. The highest BCUT2D eigenvalue weighted by molar-refractivity contribution is 6.31. The van der Waals surface area contributed by atoms with Gasteiger partial charge in [-0.3, -0.25) is 0 Å². The summed E-state index contributed by atoms with van der Waals surface area (Å²) in [7, 11) is 1.15. The van der Waals surface area contributed by atoms with E-state index in [0.717, 1.165) is 12.7 Å². The first-order chi connectivity index (χ1) is 15.2. The maximum absolute atomic E-state index is 13.3. The molecule has 2 amide bonds. The first-order valence-electron chi connectivity index (χ1n) is 10.2. The van der Waals surface area contributed by atoms with Gasteiger partial charge in [0.1, 0.15) is 5.75 Å². The second-order valence-electron chi connectivity index (χ2n) is 9.00. The molecule has 0 aromatic heterocycles. The van der Waals surface area contributed by atoms with Crippen LogP contribution in [0.15, 0.2) is 30.3 Å². The molecule has 0 aliphatic heterocycles. The van der Waals surface area contributed by atoms with E-state index in [1.54, 1.807) is 39.0 Å². The van der Waals surface area contributed by atoms with Gasteiger partial charge >= 0.3 is 12.2 Å². The summed E-state index contributed by atoms with van der Waals surface area (Å²) in [5, 5.41) is 26.1. The van der Waals surface area contributed by atoms with E-state index in [-0.39, 0.29) is 11.4 Å². The number of benzene rings is 2. The second kappa shape index (κ2) is 9.04. The van der Waals surface area contributed by atoms with E-state index in [4.69, 9.17) is 16.3 Å². The molecule has 1 aliphatic carbocycles. The smallest absolute Gasteiger partial charge is 0.418 e. The van der Waals surface area contributed by atoms with Crippen molar-refractivity contribution in [3.05, 3.63) is 57.6 Å². The molecule has 10 heteroatoms. The van der Waals surface area contributed by atoms with Crippen LogP contribution in [0.4, 0.5) is 23.7 Å². The zero-order valence-electron chi connectivity index (χ0n) is 18.5. The number of ether oxygens (including phenoxy) is 1. The fraction of sp³-hybridized carbons (Fsp3) is 0.435. The number of methoxy groups -OCH3 is 1. The van der Waals surface area contributed by atoms with Gasteiger partial charge < -0.3 is 25.6 Å². The molecule has 2 aromatic rings. The third-order valence-electron chi connectivity index (χ3n) is 5.64. The van der Waals surface area contributed by atoms with Gasteiger partial charge in [0.2, 0.25) is 0 Å². The molecule has 0 spiro atoms. The summed E-state index contributed by atoms with van der Waals surface area (Å²) in [6.07, 6.45) is -8.43. The van der Waals surface area contributed by atoms with Gasteiger partial charge in [-0.05, 0) is 46.7 Å². The van der Waals surface area contributed by atoms with Crippen LogP contribution in [0.25, 0.3) is 0 Å². The first kappa shape index (κ1) is 25.1. The van der Waals surface area contributed by atoms with E-state index in [9.17, 15) is 28.2 Å². The van der Waals surface area contributed by atoms with E-state index >= 15 is 0 Å². The Bertz CT molecular complexity index is 1050. The minimum absolute atomic E-state index is 0.0382. The predicted molar refractivity (Wildman–Crippen MR) is 119 cm³/mol. The highest BCUT2D eigenvalue weighted by atomic mass is 35.5. The lowest BCUT2D eigenvalue weighted by Crippen LogP contribution is -2.40. The van der Waals surface area contributed by atoms with Crippen molar-refractivity contribution >= 4 is 23.3 Å². The molecule has 0 radical (unpaired) electrons. The quantitative estimate of drug-likeness (QED) is 0.488. The Labute approximate surface area is 194 Å². The number of rotatable bonds is 4. The zero-order valence-corrected chi connectivity index (χ0v) is 19.3. The molecule has 0 bridgehead atoms. The van der Waals surface area contributed by atoms with Gasteiger partial charge in [-0.15, -0.1) is 0 Å². The summed E-state index contributed by atoms with van der Waals surface area (Å²) in [5.74, 6) is -0.304. The number of urea groups is 1. The Balaban J connectivity index is 1.91. The standard InChI is InChI=1S/C23H26ClF3N2O4/c1-22(2,3)11-8-14(20(31)23(25,26)27)19(33-4)17(9-11)29-21(32)28-16-10-13-12(18(16)30)6-5-7-15(13)24/h5-9,16,18,20,30-31H,10H2,1-4H3,(H2,28,29,32)/t16-,18+,20?/m0/s1. The predicted octanol–water partition coefficient (Wildman–Crippen LogP) is 5.02. The number of carbonyl (C=O) groups is 1. The molecule has 180 valence electrons. The van der Waals surface area contributed by atoms with E-state index < -0.39 is 41.4 Å². The van der Waals surface area contributed by atoms with Crippen LogP contribution < -0.4 is 15.4 Å². The number of amides is 2. The number of hydrogen-bond donors (Lipinski definition) is 4. The number of aliphatic hydroxyl groups is 2. The van der Waals surface area contributed by atoms with E-state index in [1.165, 1.54) is 12.1 Å². The molecular weight excluding hydrogens is 461 g/mol. The maximum Gasteiger partial charge on any atom is 0.418 e. The van der Waals surface area contributed by atoms with Crippen molar-refractivity contribution in [2.24, 2.45) is 0 Å². The molecule has 0 saturated heterocycles. The molecule has 6 nitrogen and oxygen atoms in total. The van der Waals surface area contributed by atoms with Crippen molar-refractivity contribution in [2.75, 3.05) is 12.4 Å². The Morgan fingerprint density at radius 2 is 1.91 bits per heavy atom. The lowest BCUT2D eigenvalue weighted by atomic mass is 9.84. The SMILES string of the molecule is COc1c(NC(=O)N[C@H]2Cc3c(Cl)cccc3[C@H]2O)cc(C(C)(C)C)cc1C(O)C(F)(F)F. The average molecular weight is 487 g/mol. The number of halogens is 4. The van der Waals surface area contributed by atoms with Crippen LogP contribution in [0, 0.1) is 0 Å². The molecule has 2 aromatic carbocycles. The van der Waals surface area contributed by atoms with Gasteiger partial charge in [0.05, 0.1) is 24.9 Å². The van der Waals surface area contributed by atoms with Gasteiger partial charge in [0.25, 0.3) is 0 Å². The minimum atomic E-state index is -4.93. The van der Waals surface area contributed by atoms with Crippen molar-refractivity contribution in [3.63, 3.8) is 0 Å². The fourth-order valence-corrected chi connectivity index (χ4v) is 4.12. The van der Waals surface area contributed by atoms with Gasteiger partial charge in [-0.2, -0.15) is 13.2 Å². The summed E-state index contributed by atoms with van der Waals surface area (Å²) in [5.41, 5.74) is 0.656. The number of fused-ring (bicyclic) bond motifs is 1. The van der Waals surface area contributed by atoms with Crippen LogP contribution in [0.1, 0.15) is 55.2 Å². The Kier molecular flexibility index (Phi) is 6.89. The van der Waals surface area contributed by atoms with Crippen LogP contribution in [0.3, 0.4) is 0 Å². The highest BCUT2D eigenvalue weighted by Gasteiger charge is 2.42. The van der Waals surface area contributed by atoms with Gasteiger partial charge in [0, 0.05) is 10.6 Å². The summed E-state index contributed by atoms with van der Waals surface area (Å²) < 4.78 is 45.1.